The van der Waals surface area contributed by atoms with Crippen molar-refractivity contribution in [1.29, 1.82) is 0 Å². The molecule has 1 aliphatic heterocycles. The minimum atomic E-state index is 0.351. The predicted molar refractivity (Wildman–Crippen MR) is 86.2 cm³/mol. The van der Waals surface area contributed by atoms with Crippen LogP contribution >= 0.6 is 0 Å². The molecule has 2 rings (SSSR count). The topological polar surface area (TPSA) is 33.7 Å². The Balaban J connectivity index is 2.28. The van der Waals surface area contributed by atoms with E-state index in [9.17, 15) is 0 Å². The molecule has 0 bridgehead atoms. The van der Waals surface area contributed by atoms with Crippen LogP contribution in [0.3, 0.4) is 0 Å². The summed E-state index contributed by atoms with van der Waals surface area (Å²) in [6, 6.07) is 6.57. The molecule has 4 heteroatoms. The summed E-state index contributed by atoms with van der Waals surface area (Å²) >= 11 is 0. The summed E-state index contributed by atoms with van der Waals surface area (Å²) in [4.78, 5) is 2.52. The van der Waals surface area contributed by atoms with Gasteiger partial charge in [0.05, 0.1) is 14.2 Å². The van der Waals surface area contributed by atoms with Crippen LogP contribution in [0.5, 0.6) is 11.5 Å². The summed E-state index contributed by atoms with van der Waals surface area (Å²) in [5.74, 6) is 1.56. The lowest BCUT2D eigenvalue weighted by Crippen LogP contribution is -2.45. The van der Waals surface area contributed by atoms with E-state index in [2.05, 4.69) is 35.9 Å². The molecule has 0 aliphatic carbocycles. The smallest absolute Gasteiger partial charge is 0.161 e. The second kappa shape index (κ2) is 7.48. The first-order valence-electron chi connectivity index (χ1n) is 7.46. The number of benzene rings is 1. The second-order valence-corrected chi connectivity index (χ2v) is 5.58. The van der Waals surface area contributed by atoms with Gasteiger partial charge in [0.1, 0.15) is 0 Å². The van der Waals surface area contributed by atoms with Gasteiger partial charge in [-0.1, -0.05) is 11.6 Å². The summed E-state index contributed by atoms with van der Waals surface area (Å²) in [6.45, 7) is 10.4. The highest BCUT2D eigenvalue weighted by molar-refractivity contribution is 5.44. The highest BCUT2D eigenvalue weighted by Gasteiger charge is 2.23. The Kier molecular flexibility index (Phi) is 5.65. The molecule has 0 amide bonds. The molecule has 0 aromatic heterocycles. The summed E-state index contributed by atoms with van der Waals surface area (Å²) in [5, 5.41) is 3.41. The molecule has 1 N–H and O–H groups in total. The average molecular weight is 290 g/mol. The SMILES string of the molecule is C=C(C)C[C@@H](c1ccc(OC)c(OC)c1)N1CCNCC1. The Hall–Kier alpha value is -1.52. The molecule has 1 fully saturated rings. The van der Waals surface area contributed by atoms with Gasteiger partial charge in [0.15, 0.2) is 11.5 Å². The standard InChI is InChI=1S/C17H26N2O2/c1-13(2)11-15(19-9-7-18-8-10-19)14-5-6-16(20-3)17(12-14)21-4/h5-6,12,15,18H,1,7-11H2,2-4H3/t15-/m0/s1. The van der Waals surface area contributed by atoms with Crippen molar-refractivity contribution in [2.24, 2.45) is 0 Å². The van der Waals surface area contributed by atoms with Crippen LogP contribution in [-0.4, -0.2) is 45.3 Å². The maximum atomic E-state index is 5.44. The van der Waals surface area contributed by atoms with Crippen molar-refractivity contribution in [1.82, 2.24) is 10.2 Å². The highest BCUT2D eigenvalue weighted by Crippen LogP contribution is 2.34. The van der Waals surface area contributed by atoms with E-state index in [4.69, 9.17) is 9.47 Å². The monoisotopic (exact) mass is 290 g/mol. The first-order chi connectivity index (χ1) is 10.2. The maximum Gasteiger partial charge on any atom is 0.161 e. The Bertz CT molecular complexity index is 482. The van der Waals surface area contributed by atoms with Gasteiger partial charge in [0.25, 0.3) is 0 Å². The van der Waals surface area contributed by atoms with Crippen LogP contribution in [0, 0.1) is 0 Å². The van der Waals surface area contributed by atoms with E-state index in [-0.39, 0.29) is 0 Å². The molecule has 21 heavy (non-hydrogen) atoms. The van der Waals surface area contributed by atoms with Gasteiger partial charge in [-0.25, -0.2) is 0 Å². The second-order valence-electron chi connectivity index (χ2n) is 5.58. The van der Waals surface area contributed by atoms with Gasteiger partial charge in [-0.2, -0.15) is 0 Å². The Labute approximate surface area is 127 Å². The van der Waals surface area contributed by atoms with E-state index in [0.717, 1.165) is 44.1 Å². The molecular formula is C17H26N2O2. The Morgan fingerprint density at radius 2 is 1.90 bits per heavy atom. The van der Waals surface area contributed by atoms with Crippen LogP contribution in [0.4, 0.5) is 0 Å². The van der Waals surface area contributed by atoms with Gasteiger partial charge >= 0.3 is 0 Å². The quantitative estimate of drug-likeness (QED) is 0.817. The molecule has 1 aliphatic rings. The first kappa shape index (κ1) is 15.9. The molecular weight excluding hydrogens is 264 g/mol. The average Bonchev–Trinajstić information content (AvgIpc) is 2.52. The summed E-state index contributed by atoms with van der Waals surface area (Å²) in [6.07, 6.45) is 0.968. The molecule has 4 nitrogen and oxygen atoms in total. The van der Waals surface area contributed by atoms with Gasteiger partial charge in [-0.05, 0) is 31.0 Å². The van der Waals surface area contributed by atoms with Crippen molar-refractivity contribution >= 4 is 0 Å². The van der Waals surface area contributed by atoms with Gasteiger partial charge in [0, 0.05) is 32.2 Å². The number of nitrogens with zero attached hydrogens (tertiary/aromatic N) is 1. The van der Waals surface area contributed by atoms with Crippen molar-refractivity contribution < 1.29 is 9.47 Å². The van der Waals surface area contributed by atoms with E-state index in [1.54, 1.807) is 14.2 Å². The zero-order valence-corrected chi connectivity index (χ0v) is 13.3. The molecule has 1 aromatic carbocycles. The van der Waals surface area contributed by atoms with E-state index in [1.807, 2.05) is 6.07 Å². The third-order valence-electron chi connectivity index (χ3n) is 3.93. The summed E-state index contributed by atoms with van der Waals surface area (Å²) < 4.78 is 10.8. The van der Waals surface area contributed by atoms with Gasteiger partial charge < -0.3 is 14.8 Å². The third-order valence-corrected chi connectivity index (χ3v) is 3.93. The normalized spacial score (nSPS) is 17.3. The Morgan fingerprint density at radius 3 is 2.48 bits per heavy atom. The number of hydrogen-bond donors (Lipinski definition) is 1. The van der Waals surface area contributed by atoms with E-state index in [1.165, 1.54) is 11.1 Å². The molecule has 0 radical (unpaired) electrons. The maximum absolute atomic E-state index is 5.44. The van der Waals surface area contributed by atoms with Crippen LogP contribution in [0.2, 0.25) is 0 Å². The minimum Gasteiger partial charge on any atom is -0.493 e. The lowest BCUT2D eigenvalue weighted by atomic mass is 9.97. The largest absolute Gasteiger partial charge is 0.493 e. The molecule has 116 valence electrons. The third kappa shape index (κ3) is 3.99. The predicted octanol–water partition coefficient (Wildman–Crippen LogP) is 2.62. The lowest BCUT2D eigenvalue weighted by molar-refractivity contribution is 0.172. The zero-order chi connectivity index (χ0) is 15.2. The molecule has 1 saturated heterocycles. The van der Waals surface area contributed by atoms with E-state index >= 15 is 0 Å². The summed E-state index contributed by atoms with van der Waals surface area (Å²) in [5.41, 5.74) is 2.46. The van der Waals surface area contributed by atoms with Crippen LogP contribution in [0.25, 0.3) is 0 Å². The van der Waals surface area contributed by atoms with Crippen LogP contribution in [-0.2, 0) is 0 Å². The Morgan fingerprint density at radius 1 is 1.24 bits per heavy atom. The number of piperazine rings is 1. The van der Waals surface area contributed by atoms with E-state index < -0.39 is 0 Å². The van der Waals surface area contributed by atoms with Gasteiger partial charge in [0.2, 0.25) is 0 Å². The first-order valence-corrected chi connectivity index (χ1v) is 7.46. The van der Waals surface area contributed by atoms with Crippen LogP contribution in [0.15, 0.2) is 30.4 Å². The summed E-state index contributed by atoms with van der Waals surface area (Å²) in [7, 11) is 3.35. The zero-order valence-electron chi connectivity index (χ0n) is 13.3. The molecule has 0 spiro atoms. The number of rotatable bonds is 6. The number of hydrogen-bond acceptors (Lipinski definition) is 4. The van der Waals surface area contributed by atoms with Crippen LogP contribution in [0.1, 0.15) is 24.9 Å². The van der Waals surface area contributed by atoms with Gasteiger partial charge in [-0.15, -0.1) is 6.58 Å². The molecule has 0 saturated carbocycles. The number of methoxy groups -OCH3 is 2. The molecule has 0 unspecified atom stereocenters. The van der Waals surface area contributed by atoms with Crippen molar-refractivity contribution in [2.75, 3.05) is 40.4 Å². The fraction of sp³-hybridized carbons (Fsp3) is 0.529. The van der Waals surface area contributed by atoms with Crippen molar-refractivity contribution in [3.63, 3.8) is 0 Å². The van der Waals surface area contributed by atoms with Gasteiger partial charge in [-0.3, -0.25) is 4.90 Å². The van der Waals surface area contributed by atoms with Crippen LogP contribution < -0.4 is 14.8 Å². The highest BCUT2D eigenvalue weighted by atomic mass is 16.5. The lowest BCUT2D eigenvalue weighted by Gasteiger charge is -2.35. The number of nitrogens with one attached hydrogen (secondary N) is 1. The molecule has 1 heterocycles. The fourth-order valence-electron chi connectivity index (χ4n) is 2.84. The van der Waals surface area contributed by atoms with Crippen molar-refractivity contribution in [3.05, 3.63) is 35.9 Å². The van der Waals surface area contributed by atoms with E-state index in [0.29, 0.717) is 6.04 Å². The number of ether oxygens (including phenoxy) is 2. The van der Waals surface area contributed by atoms with Crippen molar-refractivity contribution in [3.8, 4) is 11.5 Å². The molecule has 1 atom stereocenters. The molecule has 1 aromatic rings. The minimum absolute atomic E-state index is 0.351. The fourth-order valence-corrected chi connectivity index (χ4v) is 2.84. The van der Waals surface area contributed by atoms with Crippen molar-refractivity contribution in [2.45, 2.75) is 19.4 Å².